The van der Waals surface area contributed by atoms with Gasteiger partial charge in [0.05, 0.1) is 23.7 Å². The molecule has 4 N–H and O–H groups in total. The fraction of sp³-hybridized carbons (Fsp3) is 0.464. The van der Waals surface area contributed by atoms with E-state index < -0.39 is 5.91 Å². The molecule has 3 aromatic rings. The normalized spacial score (nSPS) is 15.1. The lowest BCUT2D eigenvalue weighted by Gasteiger charge is -2.40. The lowest BCUT2D eigenvalue weighted by Crippen LogP contribution is -2.43. The zero-order valence-corrected chi connectivity index (χ0v) is 20.7. The number of hydrogen-bond acceptors (Lipinski definition) is 4. The molecule has 6 nitrogen and oxygen atoms in total. The molecule has 182 valence electrons. The van der Waals surface area contributed by atoms with E-state index in [-0.39, 0.29) is 5.54 Å². The van der Waals surface area contributed by atoms with Gasteiger partial charge in [-0.15, -0.1) is 0 Å². The number of amides is 1. The van der Waals surface area contributed by atoms with E-state index in [9.17, 15) is 4.79 Å². The van der Waals surface area contributed by atoms with Crippen molar-refractivity contribution in [3.05, 3.63) is 59.7 Å². The molecule has 34 heavy (non-hydrogen) atoms. The summed E-state index contributed by atoms with van der Waals surface area (Å²) in [7, 11) is 1.58. The van der Waals surface area contributed by atoms with Gasteiger partial charge in [-0.2, -0.15) is 0 Å². The molecular formula is C28H38N4O2. The summed E-state index contributed by atoms with van der Waals surface area (Å²) in [5.74, 6) is 1.89. The predicted molar refractivity (Wildman–Crippen MR) is 140 cm³/mol. The highest BCUT2D eigenvalue weighted by atomic mass is 16.5. The largest absolute Gasteiger partial charge is 0.496 e. The molecule has 1 aliphatic heterocycles. The third kappa shape index (κ3) is 4.39. The summed E-state index contributed by atoms with van der Waals surface area (Å²) in [6.07, 6.45) is 5.27. The molecule has 1 fully saturated rings. The highest BCUT2D eigenvalue weighted by Gasteiger charge is 2.33. The second kappa shape index (κ2) is 10.1. The molecule has 6 heteroatoms. The first-order valence-electron chi connectivity index (χ1n) is 12.5. The van der Waals surface area contributed by atoms with Crippen LogP contribution in [0, 0.1) is 5.92 Å². The van der Waals surface area contributed by atoms with Crippen molar-refractivity contribution >= 4 is 22.6 Å². The molecule has 0 unspecified atom stereocenters. The third-order valence-electron chi connectivity index (χ3n) is 7.85. The maximum atomic E-state index is 12.1. The molecule has 2 heterocycles. The van der Waals surface area contributed by atoms with Gasteiger partial charge >= 0.3 is 0 Å². The number of fused-ring (bicyclic) bond motifs is 1. The van der Waals surface area contributed by atoms with Gasteiger partial charge in [-0.05, 0) is 55.7 Å². The lowest BCUT2D eigenvalue weighted by atomic mass is 9.90. The summed E-state index contributed by atoms with van der Waals surface area (Å²) >= 11 is 0. The van der Waals surface area contributed by atoms with Crippen LogP contribution in [-0.2, 0) is 12.0 Å². The molecule has 1 saturated heterocycles. The van der Waals surface area contributed by atoms with Gasteiger partial charge in [0.1, 0.15) is 11.6 Å². The van der Waals surface area contributed by atoms with Crippen molar-refractivity contribution in [1.29, 1.82) is 0 Å². The van der Waals surface area contributed by atoms with Crippen molar-refractivity contribution in [3.63, 3.8) is 0 Å². The predicted octanol–water partition coefficient (Wildman–Crippen LogP) is 4.68. The molecule has 0 bridgehead atoms. The average molecular weight is 463 g/mol. The number of carbonyl (C=O) groups excluding carboxylic acids is 1. The molecule has 0 saturated carbocycles. The minimum atomic E-state index is -0.481. The summed E-state index contributed by atoms with van der Waals surface area (Å²) in [6.45, 7) is 6.95. The topological polar surface area (TPSA) is 86.5 Å². The maximum absolute atomic E-state index is 12.1. The summed E-state index contributed by atoms with van der Waals surface area (Å²) < 4.78 is 7.96. The van der Waals surface area contributed by atoms with Crippen LogP contribution in [-0.4, -0.2) is 37.2 Å². The van der Waals surface area contributed by atoms with Crippen molar-refractivity contribution in [3.8, 4) is 5.75 Å². The fourth-order valence-corrected chi connectivity index (χ4v) is 5.57. The Labute approximate surface area is 202 Å². The number of anilines is 1. The first-order valence-corrected chi connectivity index (χ1v) is 12.5. The molecule has 0 atom stereocenters. The Morgan fingerprint density at radius 1 is 1.09 bits per heavy atom. The van der Waals surface area contributed by atoms with Gasteiger partial charge in [0.25, 0.3) is 5.91 Å². The van der Waals surface area contributed by atoms with Crippen molar-refractivity contribution in [2.45, 2.75) is 51.5 Å². The summed E-state index contributed by atoms with van der Waals surface area (Å²) in [6, 6.07) is 16.8. The van der Waals surface area contributed by atoms with Crippen LogP contribution in [0.2, 0.25) is 0 Å². The quantitative estimate of drug-likeness (QED) is 0.483. The first-order chi connectivity index (χ1) is 16.5. The second-order valence-electron chi connectivity index (χ2n) is 9.57. The van der Waals surface area contributed by atoms with Crippen molar-refractivity contribution < 1.29 is 9.53 Å². The van der Waals surface area contributed by atoms with Gasteiger partial charge in [0.15, 0.2) is 0 Å². The molecule has 2 aromatic carbocycles. The second-order valence-corrected chi connectivity index (χ2v) is 9.57. The first kappa shape index (κ1) is 24.1. The monoisotopic (exact) mass is 462 g/mol. The van der Waals surface area contributed by atoms with Crippen LogP contribution in [0.5, 0.6) is 5.75 Å². The van der Waals surface area contributed by atoms with Crippen LogP contribution in [0.15, 0.2) is 48.5 Å². The van der Waals surface area contributed by atoms with Crippen molar-refractivity contribution in [2.75, 3.05) is 31.6 Å². The van der Waals surface area contributed by atoms with E-state index in [0.717, 1.165) is 56.1 Å². The smallest absolute Gasteiger partial charge is 0.252 e. The van der Waals surface area contributed by atoms with Crippen LogP contribution in [0.4, 0.5) is 5.82 Å². The Morgan fingerprint density at radius 3 is 2.32 bits per heavy atom. The lowest BCUT2D eigenvalue weighted by molar-refractivity contribution is 0.0997. The number of nitrogens with zero attached hydrogens (tertiary/aromatic N) is 2. The number of carbonyl (C=O) groups is 1. The number of nitrogens with two attached hydrogens (primary N) is 2. The van der Waals surface area contributed by atoms with E-state index in [2.05, 4.69) is 59.7 Å². The van der Waals surface area contributed by atoms with E-state index in [4.69, 9.17) is 16.2 Å². The number of hydrogen-bond donors (Lipinski definition) is 2. The number of rotatable bonds is 9. The van der Waals surface area contributed by atoms with Crippen LogP contribution in [0.25, 0.3) is 10.9 Å². The SMILES string of the molecule is CCC(CC)(CN)n1c(N2CCC(Cc3ccccc3)CC2)cc2cc(C(N)=O)c(OC)cc21. The number of ether oxygens (including phenoxy) is 1. The molecule has 4 rings (SSSR count). The van der Waals surface area contributed by atoms with Gasteiger partial charge < -0.3 is 25.7 Å². The van der Waals surface area contributed by atoms with Gasteiger partial charge in [0, 0.05) is 31.1 Å². The van der Waals surface area contributed by atoms with Crippen LogP contribution < -0.4 is 21.1 Å². The molecular weight excluding hydrogens is 424 g/mol. The zero-order valence-electron chi connectivity index (χ0n) is 20.7. The van der Waals surface area contributed by atoms with Crippen molar-refractivity contribution in [1.82, 2.24) is 4.57 Å². The molecule has 1 aromatic heterocycles. The van der Waals surface area contributed by atoms with Crippen molar-refractivity contribution in [2.24, 2.45) is 17.4 Å². The van der Waals surface area contributed by atoms with E-state index >= 15 is 0 Å². The average Bonchev–Trinajstić information content (AvgIpc) is 3.25. The molecule has 0 aliphatic carbocycles. The van der Waals surface area contributed by atoms with Gasteiger partial charge in [-0.3, -0.25) is 4.79 Å². The molecule has 0 spiro atoms. The minimum absolute atomic E-state index is 0.211. The Hall–Kier alpha value is -2.99. The van der Waals surface area contributed by atoms with Crippen LogP contribution in [0.3, 0.4) is 0 Å². The Bertz CT molecular complexity index is 1120. The highest BCUT2D eigenvalue weighted by molar-refractivity contribution is 6.01. The van der Waals surface area contributed by atoms with E-state index in [1.165, 1.54) is 11.4 Å². The van der Waals surface area contributed by atoms with E-state index in [0.29, 0.717) is 23.8 Å². The van der Waals surface area contributed by atoms with Gasteiger partial charge in [-0.25, -0.2) is 0 Å². The van der Waals surface area contributed by atoms with Gasteiger partial charge in [-0.1, -0.05) is 44.2 Å². The third-order valence-corrected chi connectivity index (χ3v) is 7.85. The van der Waals surface area contributed by atoms with Crippen LogP contribution >= 0.6 is 0 Å². The summed E-state index contributed by atoms with van der Waals surface area (Å²) in [5.41, 5.74) is 14.7. The highest BCUT2D eigenvalue weighted by Crippen LogP contribution is 2.40. The molecule has 1 aliphatic rings. The fourth-order valence-electron chi connectivity index (χ4n) is 5.57. The zero-order chi connectivity index (χ0) is 24.3. The number of piperidine rings is 1. The minimum Gasteiger partial charge on any atom is -0.496 e. The number of aromatic nitrogens is 1. The Balaban J connectivity index is 1.73. The Kier molecular flexibility index (Phi) is 7.17. The molecule has 0 radical (unpaired) electrons. The summed E-state index contributed by atoms with van der Waals surface area (Å²) in [4.78, 5) is 14.6. The van der Waals surface area contributed by atoms with E-state index in [1.54, 1.807) is 7.11 Å². The number of methoxy groups -OCH3 is 1. The van der Waals surface area contributed by atoms with E-state index in [1.807, 2.05) is 12.1 Å². The number of benzene rings is 2. The van der Waals surface area contributed by atoms with Crippen LogP contribution in [0.1, 0.15) is 55.5 Å². The Morgan fingerprint density at radius 2 is 1.76 bits per heavy atom. The maximum Gasteiger partial charge on any atom is 0.252 e. The molecule has 1 amide bonds. The summed E-state index contributed by atoms with van der Waals surface area (Å²) in [5, 5.41) is 0.996. The number of primary amides is 1. The standard InChI is InChI=1S/C28H38N4O2/c1-4-28(5-2,19-29)32-24-18-25(34-3)23(27(30)33)16-22(24)17-26(32)31-13-11-21(12-14-31)15-20-9-7-6-8-10-20/h6-10,16-18,21H,4-5,11-15,19,29H2,1-3H3,(H2,30,33). The van der Waals surface area contributed by atoms with Gasteiger partial charge in [0.2, 0.25) is 0 Å².